The van der Waals surface area contributed by atoms with E-state index in [2.05, 4.69) is 10.3 Å². The Morgan fingerprint density at radius 2 is 2.00 bits per heavy atom. The van der Waals surface area contributed by atoms with Crippen LogP contribution in [0.3, 0.4) is 0 Å². The highest BCUT2D eigenvalue weighted by Crippen LogP contribution is 2.14. The molecular weight excluding hydrogens is 298 g/mol. The van der Waals surface area contributed by atoms with Gasteiger partial charge in [-0.1, -0.05) is 12.1 Å². The average molecular weight is 311 g/mol. The molecule has 1 amide bonds. The minimum atomic E-state index is -1.13. The molecule has 0 radical (unpaired) electrons. The molecule has 0 fully saturated rings. The second kappa shape index (κ2) is 7.04. The number of benzene rings is 1. The Morgan fingerprint density at radius 1 is 1.26 bits per heavy atom. The quantitative estimate of drug-likeness (QED) is 0.829. The third kappa shape index (κ3) is 3.83. The molecule has 23 heavy (non-hydrogen) atoms. The molecule has 116 valence electrons. The van der Waals surface area contributed by atoms with Crippen molar-refractivity contribution in [2.45, 2.75) is 13.0 Å². The van der Waals surface area contributed by atoms with Crippen LogP contribution in [0.25, 0.3) is 0 Å². The Balaban J connectivity index is 2.06. The number of hydrogen-bond acceptors (Lipinski definition) is 5. The minimum Gasteiger partial charge on any atom is -0.449 e. The number of nitrogens with one attached hydrogen (secondary N) is 2. The fraction of sp³-hybridized carbons (Fsp3) is 0.125. The maximum absolute atomic E-state index is 12.0. The molecule has 0 aliphatic carbocycles. The number of carbonyl (C=O) groups excluding carboxylic acids is 2. The van der Waals surface area contributed by atoms with Gasteiger partial charge in [-0.2, -0.15) is 5.26 Å². The number of H-pyrrole nitrogens is 1. The van der Waals surface area contributed by atoms with Gasteiger partial charge in [0.1, 0.15) is 11.6 Å². The summed E-state index contributed by atoms with van der Waals surface area (Å²) in [6, 6.07) is 11.2. The summed E-state index contributed by atoms with van der Waals surface area (Å²) in [5, 5.41) is 11.5. The number of carbonyl (C=O) groups is 2. The summed E-state index contributed by atoms with van der Waals surface area (Å²) in [4.78, 5) is 37.8. The van der Waals surface area contributed by atoms with Crippen LogP contribution in [-0.2, 0) is 9.53 Å². The summed E-state index contributed by atoms with van der Waals surface area (Å²) >= 11 is 0. The molecular formula is C16H13N3O4. The van der Waals surface area contributed by atoms with Gasteiger partial charge in [0, 0.05) is 6.20 Å². The zero-order valence-corrected chi connectivity index (χ0v) is 12.2. The summed E-state index contributed by atoms with van der Waals surface area (Å²) in [6.07, 6.45) is 0.252. The van der Waals surface area contributed by atoms with Gasteiger partial charge in [0.2, 0.25) is 0 Å². The Hall–Kier alpha value is -3.40. The molecule has 0 bridgehead atoms. The molecule has 7 heteroatoms. The Bertz CT molecular complexity index is 835. The highest BCUT2D eigenvalue weighted by molar-refractivity contribution is 5.97. The average Bonchev–Trinajstić information content (AvgIpc) is 2.55. The van der Waals surface area contributed by atoms with Gasteiger partial charge in [-0.15, -0.1) is 0 Å². The summed E-state index contributed by atoms with van der Waals surface area (Å²) < 4.78 is 4.97. The van der Waals surface area contributed by atoms with Crippen LogP contribution in [0.5, 0.6) is 0 Å². The highest BCUT2D eigenvalue weighted by atomic mass is 16.5. The van der Waals surface area contributed by atoms with Crippen molar-refractivity contribution in [2.75, 3.05) is 5.32 Å². The van der Waals surface area contributed by atoms with E-state index in [4.69, 9.17) is 10.00 Å². The second-order valence-electron chi connectivity index (χ2n) is 4.61. The molecule has 0 saturated heterocycles. The van der Waals surface area contributed by atoms with Gasteiger partial charge >= 0.3 is 5.97 Å². The maximum atomic E-state index is 12.0. The lowest BCUT2D eigenvalue weighted by molar-refractivity contribution is -0.123. The molecule has 7 nitrogen and oxygen atoms in total. The molecule has 0 aliphatic heterocycles. The van der Waals surface area contributed by atoms with Crippen molar-refractivity contribution in [3.05, 3.63) is 64.1 Å². The predicted molar refractivity (Wildman–Crippen MR) is 81.7 cm³/mol. The van der Waals surface area contributed by atoms with E-state index in [1.165, 1.54) is 25.3 Å². The Kier molecular flexibility index (Phi) is 4.89. The van der Waals surface area contributed by atoms with Crippen LogP contribution in [0.1, 0.15) is 22.8 Å². The van der Waals surface area contributed by atoms with Crippen molar-refractivity contribution >= 4 is 17.6 Å². The van der Waals surface area contributed by atoms with Crippen LogP contribution in [0, 0.1) is 11.3 Å². The largest absolute Gasteiger partial charge is 0.449 e. The zero-order valence-electron chi connectivity index (χ0n) is 12.2. The first-order valence-corrected chi connectivity index (χ1v) is 6.71. The van der Waals surface area contributed by atoms with Gasteiger partial charge in [0.05, 0.1) is 11.3 Å². The van der Waals surface area contributed by atoms with Gasteiger partial charge < -0.3 is 15.0 Å². The van der Waals surface area contributed by atoms with E-state index in [1.807, 2.05) is 6.07 Å². The van der Waals surface area contributed by atoms with Gasteiger partial charge in [-0.25, -0.2) is 4.79 Å². The number of nitrogens with zero attached hydrogens (tertiary/aromatic N) is 1. The third-order valence-electron chi connectivity index (χ3n) is 3.00. The van der Waals surface area contributed by atoms with Crippen molar-refractivity contribution in [3.8, 4) is 6.07 Å². The number of aromatic amines is 1. The van der Waals surface area contributed by atoms with E-state index in [0.717, 1.165) is 0 Å². The van der Waals surface area contributed by atoms with E-state index in [9.17, 15) is 14.4 Å². The zero-order chi connectivity index (χ0) is 16.8. The fourth-order valence-corrected chi connectivity index (χ4v) is 1.78. The monoisotopic (exact) mass is 311 g/mol. The number of amides is 1. The van der Waals surface area contributed by atoms with Crippen molar-refractivity contribution in [1.82, 2.24) is 4.98 Å². The molecule has 0 aliphatic rings. The number of hydrogen-bond donors (Lipinski definition) is 2. The van der Waals surface area contributed by atoms with Crippen LogP contribution in [-0.4, -0.2) is 23.0 Å². The first-order chi connectivity index (χ1) is 11.0. The summed E-state index contributed by atoms with van der Waals surface area (Å²) in [6.45, 7) is 1.37. The smallest absolute Gasteiger partial charge is 0.344 e. The number of rotatable bonds is 4. The molecule has 0 saturated carbocycles. The number of esters is 1. The Morgan fingerprint density at radius 3 is 2.70 bits per heavy atom. The number of nitriles is 1. The summed E-state index contributed by atoms with van der Waals surface area (Å²) in [7, 11) is 0. The molecule has 0 spiro atoms. The summed E-state index contributed by atoms with van der Waals surface area (Å²) in [5.41, 5.74) is -0.177. The van der Waals surface area contributed by atoms with E-state index in [0.29, 0.717) is 11.3 Å². The SMILES string of the molecule is C[C@@H](OC(=O)c1ccc[nH]c1=O)C(=O)Nc1ccccc1C#N. The number of ether oxygens (including phenoxy) is 1. The first-order valence-electron chi connectivity index (χ1n) is 6.71. The number of aromatic nitrogens is 1. The van der Waals surface area contributed by atoms with Crippen LogP contribution < -0.4 is 10.9 Å². The number of anilines is 1. The maximum Gasteiger partial charge on any atom is 0.344 e. The van der Waals surface area contributed by atoms with Gasteiger partial charge in [-0.3, -0.25) is 9.59 Å². The number of para-hydroxylation sites is 1. The molecule has 2 rings (SSSR count). The molecule has 1 heterocycles. The molecule has 2 aromatic rings. The third-order valence-corrected chi connectivity index (χ3v) is 3.00. The molecule has 0 unspecified atom stereocenters. The highest BCUT2D eigenvalue weighted by Gasteiger charge is 2.21. The van der Waals surface area contributed by atoms with Gasteiger partial charge in [0.15, 0.2) is 6.10 Å². The summed E-state index contributed by atoms with van der Waals surface area (Å²) in [5.74, 6) is -1.50. The predicted octanol–water partition coefficient (Wildman–Crippen LogP) is 1.43. The van der Waals surface area contributed by atoms with Crippen LogP contribution >= 0.6 is 0 Å². The first kappa shape index (κ1) is 16.0. The van der Waals surface area contributed by atoms with Crippen LogP contribution in [0.15, 0.2) is 47.4 Å². The van der Waals surface area contributed by atoms with E-state index in [-0.39, 0.29) is 5.56 Å². The van der Waals surface area contributed by atoms with E-state index in [1.54, 1.807) is 24.3 Å². The molecule has 1 atom stereocenters. The van der Waals surface area contributed by atoms with Crippen LogP contribution in [0.2, 0.25) is 0 Å². The van der Waals surface area contributed by atoms with Crippen molar-refractivity contribution in [1.29, 1.82) is 5.26 Å². The van der Waals surface area contributed by atoms with Crippen LogP contribution in [0.4, 0.5) is 5.69 Å². The standard InChI is InChI=1S/C16H13N3O4/c1-10(23-16(22)12-6-4-8-18-15(12)21)14(20)19-13-7-3-2-5-11(13)9-17/h2-8,10H,1H3,(H,18,21)(H,19,20)/t10-/m1/s1. The lowest BCUT2D eigenvalue weighted by atomic mass is 10.2. The molecule has 1 aromatic carbocycles. The van der Waals surface area contributed by atoms with Crippen molar-refractivity contribution < 1.29 is 14.3 Å². The normalized spacial score (nSPS) is 11.1. The van der Waals surface area contributed by atoms with Crippen molar-refractivity contribution in [3.63, 3.8) is 0 Å². The molecule has 1 aromatic heterocycles. The number of pyridine rings is 1. The fourth-order valence-electron chi connectivity index (χ4n) is 1.78. The lowest BCUT2D eigenvalue weighted by Crippen LogP contribution is -2.31. The van der Waals surface area contributed by atoms with Crippen molar-refractivity contribution in [2.24, 2.45) is 0 Å². The molecule has 2 N–H and O–H groups in total. The van der Waals surface area contributed by atoms with E-state index >= 15 is 0 Å². The van der Waals surface area contributed by atoms with Gasteiger partial charge in [0.25, 0.3) is 11.5 Å². The second-order valence-corrected chi connectivity index (χ2v) is 4.61. The van der Waals surface area contributed by atoms with E-state index < -0.39 is 23.5 Å². The minimum absolute atomic E-state index is 0.190. The van der Waals surface area contributed by atoms with Gasteiger partial charge in [-0.05, 0) is 31.2 Å². The lowest BCUT2D eigenvalue weighted by Gasteiger charge is -2.13. The Labute approximate surface area is 131 Å². The topological polar surface area (TPSA) is 112 Å².